The van der Waals surface area contributed by atoms with E-state index in [1.807, 2.05) is 11.2 Å². The first-order chi connectivity index (χ1) is 6.77. The van der Waals surface area contributed by atoms with E-state index in [4.69, 9.17) is 5.11 Å². The van der Waals surface area contributed by atoms with Crippen LogP contribution in [0.4, 0.5) is 5.69 Å². The third-order valence-electron chi connectivity index (χ3n) is 2.10. The van der Waals surface area contributed by atoms with Gasteiger partial charge in [0.25, 0.3) is 0 Å². The zero-order valence-corrected chi connectivity index (χ0v) is 7.55. The molecule has 1 aliphatic heterocycles. The number of carboxylic acids is 1. The minimum atomic E-state index is -0.901. The lowest BCUT2D eigenvalue weighted by Gasteiger charge is -2.13. The summed E-state index contributed by atoms with van der Waals surface area (Å²) >= 11 is 0. The summed E-state index contributed by atoms with van der Waals surface area (Å²) in [4.78, 5) is 10.6. The molecule has 1 aromatic carbocycles. The van der Waals surface area contributed by atoms with Gasteiger partial charge in [0.2, 0.25) is 0 Å². The third kappa shape index (κ3) is 1.59. The van der Waals surface area contributed by atoms with Gasteiger partial charge in [-0.2, -0.15) is 5.10 Å². The van der Waals surface area contributed by atoms with Crippen LogP contribution in [0.15, 0.2) is 29.4 Å². The minimum absolute atomic E-state index is 0.303. The molecule has 0 saturated heterocycles. The van der Waals surface area contributed by atoms with Gasteiger partial charge in [0, 0.05) is 19.2 Å². The Morgan fingerprint density at radius 3 is 2.57 bits per heavy atom. The van der Waals surface area contributed by atoms with E-state index in [0.29, 0.717) is 5.56 Å². The minimum Gasteiger partial charge on any atom is -0.478 e. The first kappa shape index (κ1) is 8.74. The van der Waals surface area contributed by atoms with Crippen molar-refractivity contribution in [2.75, 3.05) is 11.6 Å². The van der Waals surface area contributed by atoms with E-state index in [2.05, 4.69) is 5.10 Å². The molecule has 4 nitrogen and oxygen atoms in total. The number of aromatic carboxylic acids is 1. The summed E-state index contributed by atoms with van der Waals surface area (Å²) in [6.07, 6.45) is 2.80. The second-order valence-electron chi connectivity index (χ2n) is 3.06. The van der Waals surface area contributed by atoms with Crippen LogP contribution in [-0.4, -0.2) is 23.8 Å². The molecular formula is C10H10N2O2. The topological polar surface area (TPSA) is 52.9 Å². The number of anilines is 1. The molecule has 72 valence electrons. The van der Waals surface area contributed by atoms with Gasteiger partial charge in [0.05, 0.1) is 11.3 Å². The second kappa shape index (κ2) is 3.49. The fraction of sp³-hybridized carbons (Fsp3) is 0.200. The lowest BCUT2D eigenvalue weighted by Crippen LogP contribution is -2.11. The van der Waals surface area contributed by atoms with E-state index in [-0.39, 0.29) is 0 Å². The summed E-state index contributed by atoms with van der Waals surface area (Å²) < 4.78 is 0. The van der Waals surface area contributed by atoms with Gasteiger partial charge in [-0.1, -0.05) is 0 Å². The Morgan fingerprint density at radius 1 is 1.36 bits per heavy atom. The van der Waals surface area contributed by atoms with Crippen molar-refractivity contribution in [3.05, 3.63) is 29.8 Å². The number of rotatable bonds is 2. The van der Waals surface area contributed by atoms with Crippen molar-refractivity contribution in [1.29, 1.82) is 0 Å². The number of carbonyl (C=O) groups is 1. The Hall–Kier alpha value is -1.84. The Labute approximate surface area is 81.5 Å². The zero-order valence-electron chi connectivity index (χ0n) is 7.55. The maximum atomic E-state index is 10.6. The smallest absolute Gasteiger partial charge is 0.335 e. The van der Waals surface area contributed by atoms with Crippen LogP contribution < -0.4 is 5.01 Å². The molecule has 1 N–H and O–H groups in total. The molecule has 0 bridgehead atoms. The maximum Gasteiger partial charge on any atom is 0.335 e. The lowest BCUT2D eigenvalue weighted by atomic mass is 10.2. The molecule has 0 fully saturated rings. The molecule has 0 atom stereocenters. The fourth-order valence-corrected chi connectivity index (χ4v) is 1.37. The zero-order chi connectivity index (χ0) is 9.97. The Morgan fingerprint density at radius 2 is 2.07 bits per heavy atom. The van der Waals surface area contributed by atoms with Crippen molar-refractivity contribution < 1.29 is 9.90 Å². The lowest BCUT2D eigenvalue weighted by molar-refractivity contribution is 0.0697. The molecule has 0 saturated carbocycles. The Bertz CT molecular complexity index is 370. The Kier molecular flexibility index (Phi) is 2.18. The van der Waals surface area contributed by atoms with Crippen LogP contribution in [0.25, 0.3) is 0 Å². The summed E-state index contributed by atoms with van der Waals surface area (Å²) in [5.74, 6) is -0.901. The monoisotopic (exact) mass is 190 g/mol. The van der Waals surface area contributed by atoms with Crippen molar-refractivity contribution in [2.24, 2.45) is 5.10 Å². The van der Waals surface area contributed by atoms with Gasteiger partial charge in [-0.25, -0.2) is 4.79 Å². The van der Waals surface area contributed by atoms with Gasteiger partial charge in [0.1, 0.15) is 0 Å². The molecule has 0 aliphatic carbocycles. The highest BCUT2D eigenvalue weighted by Crippen LogP contribution is 2.17. The van der Waals surface area contributed by atoms with Crippen LogP contribution in [0.1, 0.15) is 16.8 Å². The van der Waals surface area contributed by atoms with E-state index in [9.17, 15) is 4.79 Å². The third-order valence-corrected chi connectivity index (χ3v) is 2.10. The molecule has 0 spiro atoms. The highest BCUT2D eigenvalue weighted by atomic mass is 16.4. The first-order valence-electron chi connectivity index (χ1n) is 4.41. The van der Waals surface area contributed by atoms with E-state index in [0.717, 1.165) is 18.7 Å². The van der Waals surface area contributed by atoms with Crippen LogP contribution in [-0.2, 0) is 0 Å². The van der Waals surface area contributed by atoms with Crippen LogP contribution in [0, 0.1) is 0 Å². The van der Waals surface area contributed by atoms with Gasteiger partial charge in [-0.15, -0.1) is 0 Å². The molecule has 1 heterocycles. The number of hydrogen-bond donors (Lipinski definition) is 1. The van der Waals surface area contributed by atoms with Crippen molar-refractivity contribution >= 4 is 17.9 Å². The number of nitrogens with zero attached hydrogens (tertiary/aromatic N) is 2. The predicted octanol–water partition coefficient (Wildman–Crippen LogP) is 1.58. The van der Waals surface area contributed by atoms with Crippen molar-refractivity contribution in [3.63, 3.8) is 0 Å². The van der Waals surface area contributed by atoms with E-state index in [1.165, 1.54) is 0 Å². The number of hydrazone groups is 1. The maximum absolute atomic E-state index is 10.6. The number of carboxylic acid groups (broad SMARTS) is 1. The van der Waals surface area contributed by atoms with Gasteiger partial charge in [-0.05, 0) is 24.3 Å². The average molecular weight is 190 g/mol. The standard InChI is InChI=1S/C10H10N2O2/c13-10(14)8-2-4-9(5-3-8)12-7-1-6-11-12/h2-6H,1,7H2,(H,13,14). The SMILES string of the molecule is O=C(O)c1ccc(N2CCC=N2)cc1. The van der Waals surface area contributed by atoms with Crippen LogP contribution in [0.5, 0.6) is 0 Å². The molecule has 1 aromatic rings. The average Bonchev–Trinajstić information content (AvgIpc) is 2.71. The van der Waals surface area contributed by atoms with Crippen LogP contribution in [0.3, 0.4) is 0 Å². The van der Waals surface area contributed by atoms with Gasteiger partial charge in [-0.3, -0.25) is 5.01 Å². The summed E-state index contributed by atoms with van der Waals surface area (Å²) in [5.41, 5.74) is 1.24. The molecule has 0 unspecified atom stereocenters. The van der Waals surface area contributed by atoms with Crippen molar-refractivity contribution in [3.8, 4) is 0 Å². The molecule has 4 heteroatoms. The number of benzene rings is 1. The molecule has 2 rings (SSSR count). The largest absolute Gasteiger partial charge is 0.478 e. The summed E-state index contributed by atoms with van der Waals surface area (Å²) in [5, 5.41) is 14.7. The molecule has 0 radical (unpaired) electrons. The summed E-state index contributed by atoms with van der Waals surface area (Å²) in [6, 6.07) is 6.72. The van der Waals surface area contributed by atoms with Crippen molar-refractivity contribution in [2.45, 2.75) is 6.42 Å². The summed E-state index contributed by atoms with van der Waals surface area (Å²) in [7, 11) is 0. The summed E-state index contributed by atoms with van der Waals surface area (Å²) in [6.45, 7) is 0.867. The predicted molar refractivity (Wildman–Crippen MR) is 53.9 cm³/mol. The normalized spacial score (nSPS) is 14.7. The quantitative estimate of drug-likeness (QED) is 0.770. The first-order valence-corrected chi connectivity index (χ1v) is 4.41. The molecule has 14 heavy (non-hydrogen) atoms. The molecule has 1 aliphatic rings. The highest BCUT2D eigenvalue weighted by Gasteiger charge is 2.09. The van der Waals surface area contributed by atoms with Gasteiger partial charge in [0.15, 0.2) is 0 Å². The molecular weight excluding hydrogens is 180 g/mol. The second-order valence-corrected chi connectivity index (χ2v) is 3.06. The Balaban J connectivity index is 2.21. The van der Waals surface area contributed by atoms with E-state index < -0.39 is 5.97 Å². The number of hydrogen-bond acceptors (Lipinski definition) is 3. The van der Waals surface area contributed by atoms with E-state index >= 15 is 0 Å². The van der Waals surface area contributed by atoms with Gasteiger partial charge < -0.3 is 5.11 Å². The van der Waals surface area contributed by atoms with Gasteiger partial charge >= 0.3 is 5.97 Å². The van der Waals surface area contributed by atoms with Crippen molar-refractivity contribution in [1.82, 2.24) is 0 Å². The molecule has 0 aromatic heterocycles. The van der Waals surface area contributed by atoms with Crippen LogP contribution in [0.2, 0.25) is 0 Å². The molecule has 0 amide bonds. The van der Waals surface area contributed by atoms with E-state index in [1.54, 1.807) is 24.3 Å². The van der Waals surface area contributed by atoms with Crippen LogP contribution >= 0.6 is 0 Å². The highest BCUT2D eigenvalue weighted by molar-refractivity contribution is 5.88. The fourth-order valence-electron chi connectivity index (χ4n) is 1.37.